The third-order valence-electron chi connectivity index (χ3n) is 13.3. The van der Waals surface area contributed by atoms with E-state index in [1.165, 1.54) is 270 Å². The quantitative estimate of drug-likeness (QED) is 0.0485. The monoisotopic (exact) mass is 866 g/mol. The van der Waals surface area contributed by atoms with Gasteiger partial charge in [-0.25, -0.2) is 0 Å². The van der Waals surface area contributed by atoms with Crippen molar-refractivity contribution in [2.75, 3.05) is 32.8 Å². The normalized spacial score (nSPS) is 13.4. The van der Waals surface area contributed by atoms with Crippen LogP contribution in [0.3, 0.4) is 0 Å². The predicted molar refractivity (Wildman–Crippen MR) is 267 cm³/mol. The summed E-state index contributed by atoms with van der Waals surface area (Å²) < 4.78 is 11.3. The van der Waals surface area contributed by atoms with E-state index in [0.29, 0.717) is 19.2 Å². The third-order valence-corrected chi connectivity index (χ3v) is 13.3. The highest BCUT2D eigenvalue weighted by Crippen LogP contribution is 2.25. The molecule has 1 saturated heterocycles. The van der Waals surface area contributed by atoms with E-state index in [2.05, 4.69) is 39.5 Å². The number of carboxylic acid groups (broad SMARTS) is 1. The van der Waals surface area contributed by atoms with Gasteiger partial charge in [0.2, 0.25) is 0 Å². The van der Waals surface area contributed by atoms with Crippen molar-refractivity contribution in [2.45, 2.75) is 298 Å². The molecular formula is C55H111NO5. The number of carbonyl (C=O) groups excluding carboxylic acids is 1. The van der Waals surface area contributed by atoms with Gasteiger partial charge in [0.15, 0.2) is 0 Å². The molecule has 1 rings (SSSR count). The van der Waals surface area contributed by atoms with E-state index in [4.69, 9.17) is 19.4 Å². The lowest BCUT2D eigenvalue weighted by molar-refractivity contribution is -0.129. The lowest BCUT2D eigenvalue weighted by Gasteiger charge is -2.26. The Kier molecular flexibility index (Phi) is 55.8. The average molecular weight is 866 g/mol. The van der Waals surface area contributed by atoms with Crippen molar-refractivity contribution in [1.29, 1.82) is 0 Å². The van der Waals surface area contributed by atoms with Crippen molar-refractivity contribution in [2.24, 2.45) is 11.8 Å². The minimum atomic E-state index is -0.250. The molecular weight excluding hydrogens is 755 g/mol. The summed E-state index contributed by atoms with van der Waals surface area (Å²) in [6, 6.07) is 0. The summed E-state index contributed by atoms with van der Waals surface area (Å²) in [4.78, 5) is 21.1. The highest BCUT2D eigenvalue weighted by molar-refractivity contribution is 5.36. The largest absolute Gasteiger partial charge is 0.483 e. The van der Waals surface area contributed by atoms with E-state index in [1.807, 2.05) is 0 Å². The minimum absolute atomic E-state index is 0.250. The molecule has 0 radical (unpaired) electrons. The summed E-state index contributed by atoms with van der Waals surface area (Å²) in [5, 5.41) is 6.89. The molecule has 1 fully saturated rings. The third kappa shape index (κ3) is 49.7. The Balaban J connectivity index is 0. The molecule has 1 unspecified atom stereocenters. The number of ether oxygens (including phenoxy) is 2. The second-order valence-electron chi connectivity index (χ2n) is 19.0. The van der Waals surface area contributed by atoms with Gasteiger partial charge in [-0.1, -0.05) is 247 Å². The Morgan fingerprint density at radius 2 is 0.770 bits per heavy atom. The fraction of sp³-hybridized carbons (Fsp3) is 0.964. The van der Waals surface area contributed by atoms with Crippen LogP contribution in [-0.2, 0) is 19.1 Å². The maximum absolute atomic E-state index is 10.1. The molecule has 6 nitrogen and oxygen atoms in total. The van der Waals surface area contributed by atoms with Crippen LogP contribution in [0.2, 0.25) is 0 Å². The molecule has 0 aromatic carbocycles. The van der Waals surface area contributed by atoms with Gasteiger partial charge in [-0.15, -0.1) is 0 Å². The van der Waals surface area contributed by atoms with Gasteiger partial charge in [0.05, 0.1) is 12.7 Å². The van der Waals surface area contributed by atoms with Crippen LogP contribution in [0.25, 0.3) is 0 Å². The first-order valence-electron chi connectivity index (χ1n) is 27.5. The molecule has 0 aliphatic carbocycles. The van der Waals surface area contributed by atoms with Gasteiger partial charge in [0, 0.05) is 6.61 Å². The van der Waals surface area contributed by atoms with Crippen molar-refractivity contribution in [3.8, 4) is 0 Å². The van der Waals surface area contributed by atoms with E-state index in [1.54, 1.807) is 0 Å². The zero-order valence-corrected chi connectivity index (χ0v) is 42.2. The zero-order chi connectivity index (χ0) is 45.0. The van der Waals surface area contributed by atoms with Gasteiger partial charge in [-0.05, 0) is 76.4 Å². The molecule has 0 bridgehead atoms. The first-order valence-corrected chi connectivity index (χ1v) is 27.5. The van der Waals surface area contributed by atoms with Crippen molar-refractivity contribution in [3.63, 3.8) is 0 Å². The van der Waals surface area contributed by atoms with Gasteiger partial charge >= 0.3 is 0 Å². The Bertz CT molecular complexity index is 785. The van der Waals surface area contributed by atoms with Crippen molar-refractivity contribution in [1.82, 2.24) is 4.90 Å². The summed E-state index contributed by atoms with van der Waals surface area (Å²) in [7, 11) is 0. The Labute approximate surface area is 383 Å². The standard InChI is InChI=1S/C40H81NO.C14H28O2.CH2O2/c1-4-7-10-11-14-18-24-33-40(42-38-29-28-37-41-35-26-20-27-36-41)34-25-19-16-13-12-15-17-23-32-39(30-21-8-5-2)31-22-9-6-3;1-3-5-7-9-14(10-8-6-4-2)11-12-16-13-15;2-1-3/h39-40H,4-38H2,1-3H3;13-14H,3-12H2,1-2H3;1H,(H,2,3). The van der Waals surface area contributed by atoms with Gasteiger partial charge in [0.25, 0.3) is 12.9 Å². The predicted octanol–water partition coefficient (Wildman–Crippen LogP) is 17.5. The summed E-state index contributed by atoms with van der Waals surface area (Å²) in [5.41, 5.74) is 0. The number of nitrogens with zero attached hydrogens (tertiary/aromatic N) is 1. The van der Waals surface area contributed by atoms with E-state index in [0.717, 1.165) is 24.9 Å². The number of unbranched alkanes of at least 4 members (excludes halogenated alkanes) is 22. The Morgan fingerprint density at radius 1 is 0.426 bits per heavy atom. The van der Waals surface area contributed by atoms with Crippen LogP contribution in [0.15, 0.2) is 0 Å². The van der Waals surface area contributed by atoms with Gasteiger partial charge in [0.1, 0.15) is 0 Å². The number of rotatable bonds is 45. The van der Waals surface area contributed by atoms with Crippen LogP contribution in [-0.4, -0.2) is 61.9 Å². The molecule has 61 heavy (non-hydrogen) atoms. The number of piperidine rings is 1. The molecule has 1 aliphatic rings. The molecule has 0 aromatic rings. The zero-order valence-electron chi connectivity index (χ0n) is 42.2. The fourth-order valence-electron chi connectivity index (χ4n) is 9.26. The van der Waals surface area contributed by atoms with Gasteiger partial charge in [-0.3, -0.25) is 9.59 Å². The number of hydrogen-bond donors (Lipinski definition) is 1. The second kappa shape index (κ2) is 55.0. The fourth-order valence-corrected chi connectivity index (χ4v) is 9.26. The summed E-state index contributed by atoms with van der Waals surface area (Å²) in [6.07, 6.45) is 56.0. The van der Waals surface area contributed by atoms with Gasteiger partial charge in [-0.2, -0.15) is 0 Å². The van der Waals surface area contributed by atoms with Crippen LogP contribution in [0.5, 0.6) is 0 Å². The van der Waals surface area contributed by atoms with E-state index >= 15 is 0 Å². The second-order valence-corrected chi connectivity index (χ2v) is 19.0. The molecule has 1 aliphatic heterocycles. The van der Waals surface area contributed by atoms with Crippen LogP contribution in [0.4, 0.5) is 0 Å². The molecule has 1 N–H and O–H groups in total. The SMILES string of the molecule is CCCCCC(CCCCC)CCOC=O.CCCCCCCCCC(CCCCCCCCCCC(CCCCC)CCCCC)OCCCCN1CCCCC1.O=CO. The maximum Gasteiger partial charge on any atom is 0.293 e. The van der Waals surface area contributed by atoms with Crippen LogP contribution in [0, 0.1) is 11.8 Å². The average Bonchev–Trinajstić information content (AvgIpc) is 3.27. The topological polar surface area (TPSA) is 76.1 Å². The van der Waals surface area contributed by atoms with E-state index < -0.39 is 0 Å². The molecule has 0 aromatic heterocycles. The number of carbonyl (C=O) groups is 2. The highest BCUT2D eigenvalue weighted by Gasteiger charge is 2.12. The molecule has 0 amide bonds. The van der Waals surface area contributed by atoms with Gasteiger partial charge < -0.3 is 19.5 Å². The maximum atomic E-state index is 10.1. The van der Waals surface area contributed by atoms with E-state index in [9.17, 15) is 4.79 Å². The van der Waals surface area contributed by atoms with Crippen LogP contribution < -0.4 is 0 Å². The van der Waals surface area contributed by atoms with E-state index in [-0.39, 0.29) is 6.47 Å². The first kappa shape index (κ1) is 61.9. The van der Waals surface area contributed by atoms with Crippen LogP contribution in [0.1, 0.15) is 291 Å². The van der Waals surface area contributed by atoms with Crippen LogP contribution >= 0.6 is 0 Å². The molecule has 1 atom stereocenters. The smallest absolute Gasteiger partial charge is 0.293 e. The Morgan fingerprint density at radius 3 is 1.18 bits per heavy atom. The lowest BCUT2D eigenvalue weighted by Crippen LogP contribution is -2.30. The summed E-state index contributed by atoms with van der Waals surface area (Å²) in [6.45, 7) is 17.3. The highest BCUT2D eigenvalue weighted by atomic mass is 16.5. The molecule has 0 spiro atoms. The molecule has 1 heterocycles. The molecule has 6 heteroatoms. The number of likely N-dealkylation sites (tertiary alicyclic amines) is 1. The number of hydrogen-bond acceptors (Lipinski definition) is 5. The Hall–Kier alpha value is -1.14. The van der Waals surface area contributed by atoms with Crippen molar-refractivity contribution in [3.05, 3.63) is 0 Å². The van der Waals surface area contributed by atoms with Crippen molar-refractivity contribution < 1.29 is 24.2 Å². The minimum Gasteiger partial charge on any atom is -0.483 e. The first-order chi connectivity index (χ1) is 30.1. The lowest BCUT2D eigenvalue weighted by atomic mass is 9.90. The molecule has 366 valence electrons. The molecule has 0 saturated carbocycles. The van der Waals surface area contributed by atoms with Crippen molar-refractivity contribution >= 4 is 12.9 Å². The summed E-state index contributed by atoms with van der Waals surface area (Å²) >= 11 is 0. The summed E-state index contributed by atoms with van der Waals surface area (Å²) in [5.74, 6) is 1.78.